The molecular formula is C27H29N6O4P. The Balaban J connectivity index is 1.31. The molecule has 38 heavy (non-hydrogen) atoms. The van der Waals surface area contributed by atoms with Crippen LogP contribution in [0.4, 0.5) is 17.2 Å². The number of primary amides is 1. The molecule has 3 saturated carbocycles. The average Bonchev–Trinajstić information content (AvgIpc) is 3.78. The fraction of sp³-hybridized carbons (Fsp3) is 0.370. The highest BCUT2D eigenvalue weighted by molar-refractivity contribution is 7.73. The third-order valence-electron chi connectivity index (χ3n) is 7.32. The summed E-state index contributed by atoms with van der Waals surface area (Å²) in [5.41, 5.74) is 8.33. The first-order valence-corrected chi connectivity index (χ1v) is 14.7. The van der Waals surface area contributed by atoms with Crippen molar-refractivity contribution in [1.82, 2.24) is 15.2 Å². The van der Waals surface area contributed by atoms with E-state index in [9.17, 15) is 14.2 Å². The quantitative estimate of drug-likeness (QED) is 0.331. The molecule has 2 heterocycles. The van der Waals surface area contributed by atoms with Crippen LogP contribution in [0.2, 0.25) is 0 Å². The lowest BCUT2D eigenvalue weighted by molar-refractivity contribution is -0.117. The summed E-state index contributed by atoms with van der Waals surface area (Å²) in [6, 6.07) is 10.9. The molecule has 10 nitrogen and oxygen atoms in total. The minimum absolute atomic E-state index is 0.0119. The fourth-order valence-corrected chi connectivity index (χ4v) is 8.71. The van der Waals surface area contributed by atoms with Crippen LogP contribution in [0.3, 0.4) is 0 Å². The third kappa shape index (κ3) is 4.65. The van der Waals surface area contributed by atoms with Gasteiger partial charge in [0, 0.05) is 40.4 Å². The SMILES string of the molecule is COc1c(Nc2cc(NC(=O)C3CC3)nnc2C(N)=O)cccc1-c1ccc(P(=O)(C2CC2)C2CC2)cn1. The Hall–Kier alpha value is -3.78. The van der Waals surface area contributed by atoms with Crippen molar-refractivity contribution in [3.05, 3.63) is 48.3 Å². The van der Waals surface area contributed by atoms with Gasteiger partial charge < -0.3 is 25.7 Å². The number of amides is 2. The molecule has 0 unspecified atom stereocenters. The van der Waals surface area contributed by atoms with Crippen molar-refractivity contribution >= 4 is 41.5 Å². The molecule has 0 atom stereocenters. The molecule has 2 aromatic heterocycles. The second-order valence-corrected chi connectivity index (χ2v) is 13.6. The molecule has 0 bridgehead atoms. The first-order valence-electron chi connectivity index (χ1n) is 12.9. The Morgan fingerprint density at radius 3 is 2.32 bits per heavy atom. The number of nitrogens with one attached hydrogen (secondary N) is 2. The van der Waals surface area contributed by atoms with Crippen LogP contribution in [-0.2, 0) is 9.36 Å². The largest absolute Gasteiger partial charge is 0.494 e. The van der Waals surface area contributed by atoms with Gasteiger partial charge in [-0.1, -0.05) is 6.07 Å². The lowest BCUT2D eigenvalue weighted by Crippen LogP contribution is -2.19. The molecule has 3 aromatic rings. The number of carbonyl (C=O) groups excluding carboxylic acids is 2. The number of pyridine rings is 1. The van der Waals surface area contributed by atoms with Gasteiger partial charge in [0.05, 0.1) is 24.2 Å². The van der Waals surface area contributed by atoms with Crippen LogP contribution in [0.25, 0.3) is 11.3 Å². The van der Waals surface area contributed by atoms with Gasteiger partial charge in [0.15, 0.2) is 17.3 Å². The Morgan fingerprint density at radius 2 is 1.74 bits per heavy atom. The van der Waals surface area contributed by atoms with Crippen LogP contribution in [0.1, 0.15) is 49.0 Å². The van der Waals surface area contributed by atoms with Gasteiger partial charge in [-0.3, -0.25) is 14.6 Å². The summed E-state index contributed by atoms with van der Waals surface area (Å²) in [6.07, 6.45) is 7.63. The Labute approximate surface area is 220 Å². The minimum Gasteiger partial charge on any atom is -0.494 e. The summed E-state index contributed by atoms with van der Waals surface area (Å²) in [5, 5.41) is 14.6. The molecule has 1 aromatic carbocycles. The second kappa shape index (κ2) is 9.51. The summed E-state index contributed by atoms with van der Waals surface area (Å²) < 4.78 is 19.6. The van der Waals surface area contributed by atoms with Crippen molar-refractivity contribution in [2.75, 3.05) is 17.7 Å². The first kappa shape index (κ1) is 24.6. The van der Waals surface area contributed by atoms with Crippen molar-refractivity contribution < 1.29 is 18.9 Å². The van der Waals surface area contributed by atoms with Crippen LogP contribution < -0.4 is 26.4 Å². The molecule has 4 N–H and O–H groups in total. The van der Waals surface area contributed by atoms with E-state index in [1.807, 2.05) is 24.3 Å². The van der Waals surface area contributed by atoms with Crippen molar-refractivity contribution in [2.45, 2.75) is 49.8 Å². The third-order valence-corrected chi connectivity index (χ3v) is 11.6. The highest BCUT2D eigenvalue weighted by atomic mass is 31.2. The number of rotatable bonds is 10. The average molecular weight is 533 g/mol. The number of methoxy groups -OCH3 is 1. The molecule has 6 rings (SSSR count). The van der Waals surface area contributed by atoms with E-state index in [4.69, 9.17) is 10.5 Å². The number of aromatic nitrogens is 3. The summed E-state index contributed by atoms with van der Waals surface area (Å²) in [6.45, 7) is 0. The molecule has 0 saturated heterocycles. The highest BCUT2D eigenvalue weighted by Gasteiger charge is 2.51. The van der Waals surface area contributed by atoms with Gasteiger partial charge in [0.25, 0.3) is 5.91 Å². The van der Waals surface area contributed by atoms with Crippen LogP contribution in [0, 0.1) is 5.92 Å². The van der Waals surface area contributed by atoms with E-state index in [0.717, 1.165) is 49.4 Å². The van der Waals surface area contributed by atoms with E-state index in [1.54, 1.807) is 19.4 Å². The zero-order chi connectivity index (χ0) is 26.4. The molecule has 2 amide bonds. The van der Waals surface area contributed by atoms with E-state index in [-0.39, 0.29) is 29.0 Å². The molecule has 0 aliphatic heterocycles. The maximum atomic E-state index is 13.8. The Bertz CT molecular complexity index is 1450. The molecule has 3 aliphatic carbocycles. The smallest absolute Gasteiger partial charge is 0.271 e. The number of hydrogen-bond donors (Lipinski definition) is 3. The lowest BCUT2D eigenvalue weighted by atomic mass is 10.1. The van der Waals surface area contributed by atoms with Crippen LogP contribution in [-0.4, -0.2) is 45.4 Å². The summed E-state index contributed by atoms with van der Waals surface area (Å²) in [5.74, 6) is -0.182. The Kier molecular flexibility index (Phi) is 6.14. The maximum absolute atomic E-state index is 13.8. The number of ether oxygens (including phenoxy) is 1. The van der Waals surface area contributed by atoms with E-state index in [0.29, 0.717) is 28.4 Å². The molecule has 11 heteroatoms. The number of para-hydroxylation sites is 1. The number of nitrogens with two attached hydrogens (primary N) is 1. The zero-order valence-corrected chi connectivity index (χ0v) is 21.9. The van der Waals surface area contributed by atoms with Crippen molar-refractivity contribution in [1.29, 1.82) is 0 Å². The van der Waals surface area contributed by atoms with Gasteiger partial charge in [-0.2, -0.15) is 0 Å². The number of benzene rings is 1. The fourth-order valence-electron chi connectivity index (χ4n) is 4.89. The lowest BCUT2D eigenvalue weighted by Gasteiger charge is -2.19. The molecule has 3 aliphatic rings. The predicted molar refractivity (Wildman–Crippen MR) is 145 cm³/mol. The summed E-state index contributed by atoms with van der Waals surface area (Å²) >= 11 is 0. The molecule has 196 valence electrons. The number of hydrogen-bond acceptors (Lipinski definition) is 8. The van der Waals surface area contributed by atoms with Crippen molar-refractivity contribution in [3.63, 3.8) is 0 Å². The predicted octanol–water partition coefficient (Wildman–Crippen LogP) is 4.05. The molecule has 0 radical (unpaired) electrons. The van der Waals surface area contributed by atoms with Crippen LogP contribution in [0.15, 0.2) is 42.6 Å². The summed E-state index contributed by atoms with van der Waals surface area (Å²) in [4.78, 5) is 28.9. The second-order valence-electron chi connectivity index (χ2n) is 10.2. The van der Waals surface area contributed by atoms with Crippen molar-refractivity contribution in [2.24, 2.45) is 11.7 Å². The van der Waals surface area contributed by atoms with Crippen LogP contribution >= 0.6 is 7.14 Å². The van der Waals surface area contributed by atoms with Gasteiger partial charge in [-0.15, -0.1) is 10.2 Å². The van der Waals surface area contributed by atoms with Gasteiger partial charge in [0.2, 0.25) is 5.91 Å². The maximum Gasteiger partial charge on any atom is 0.271 e. The minimum atomic E-state index is -2.40. The highest BCUT2D eigenvalue weighted by Crippen LogP contribution is 2.69. The van der Waals surface area contributed by atoms with Gasteiger partial charge in [0.1, 0.15) is 7.14 Å². The van der Waals surface area contributed by atoms with Gasteiger partial charge >= 0.3 is 0 Å². The number of anilines is 3. The van der Waals surface area contributed by atoms with E-state index >= 15 is 0 Å². The van der Waals surface area contributed by atoms with E-state index in [1.165, 1.54) is 6.07 Å². The first-order chi connectivity index (χ1) is 18.4. The topological polar surface area (TPSA) is 149 Å². The molecule has 0 spiro atoms. The zero-order valence-electron chi connectivity index (χ0n) is 21.0. The molecular weight excluding hydrogens is 503 g/mol. The summed E-state index contributed by atoms with van der Waals surface area (Å²) in [7, 11) is -0.855. The normalized spacial score (nSPS) is 17.1. The van der Waals surface area contributed by atoms with Crippen molar-refractivity contribution in [3.8, 4) is 17.0 Å². The van der Waals surface area contributed by atoms with Gasteiger partial charge in [-0.25, -0.2) is 0 Å². The number of carbonyl (C=O) groups is 2. The van der Waals surface area contributed by atoms with E-state index < -0.39 is 13.0 Å². The van der Waals surface area contributed by atoms with Crippen LogP contribution in [0.5, 0.6) is 5.75 Å². The Morgan fingerprint density at radius 1 is 1.00 bits per heavy atom. The van der Waals surface area contributed by atoms with Gasteiger partial charge in [-0.05, 0) is 62.8 Å². The van der Waals surface area contributed by atoms with E-state index in [2.05, 4.69) is 25.8 Å². The number of nitrogens with zero attached hydrogens (tertiary/aromatic N) is 3. The molecule has 3 fully saturated rings. The standard InChI is InChI=1S/C27H29N6O4P/c1-37-25-19(20-12-11-18(14-29-20)38(36,16-7-8-16)17-9-10-17)3-2-4-21(25)30-22-13-23(31-27(35)15-5-6-15)32-33-24(22)26(28)34/h2-4,11-17H,5-10H2,1H3,(H2,28,34)(H2,30,31,32,35). The monoisotopic (exact) mass is 532 g/mol.